The largest absolute Gasteiger partial charge is 0.378 e. The van der Waals surface area contributed by atoms with Crippen LogP contribution in [0.2, 0.25) is 0 Å². The normalized spacial score (nSPS) is 36.6. The van der Waals surface area contributed by atoms with Crippen LogP contribution in [-0.2, 0) is 4.74 Å². The van der Waals surface area contributed by atoms with Gasteiger partial charge < -0.3 is 4.74 Å². The Balaban J connectivity index is 0.000000461. The molecular weight excluding hydrogens is 172 g/mol. The summed E-state index contributed by atoms with van der Waals surface area (Å²) >= 11 is 0. The van der Waals surface area contributed by atoms with Crippen LogP contribution in [0.15, 0.2) is 0 Å². The predicted molar refractivity (Wildman–Crippen MR) is 61.4 cm³/mol. The second-order valence-electron chi connectivity index (χ2n) is 4.34. The Kier molecular flexibility index (Phi) is 5.54. The van der Waals surface area contributed by atoms with Gasteiger partial charge >= 0.3 is 0 Å². The Hall–Kier alpha value is -0.0400. The van der Waals surface area contributed by atoms with Gasteiger partial charge in [0.05, 0.1) is 12.7 Å². The van der Waals surface area contributed by atoms with Crippen LogP contribution in [0.5, 0.6) is 0 Å². The van der Waals surface area contributed by atoms with Gasteiger partial charge in [0.2, 0.25) is 0 Å². The van der Waals surface area contributed by atoms with Crippen LogP contribution in [0.3, 0.4) is 0 Å². The SMILES string of the molecule is CC.CCC1COC2CCCCC[C@@H]12. The Morgan fingerprint density at radius 1 is 1.07 bits per heavy atom. The maximum Gasteiger partial charge on any atom is 0.0606 e. The summed E-state index contributed by atoms with van der Waals surface area (Å²) in [5, 5.41) is 0. The molecule has 1 saturated carbocycles. The zero-order chi connectivity index (χ0) is 10.4. The van der Waals surface area contributed by atoms with E-state index in [4.69, 9.17) is 4.74 Å². The predicted octanol–water partition coefficient (Wildman–Crippen LogP) is 4.02. The molecule has 1 aliphatic carbocycles. The van der Waals surface area contributed by atoms with Gasteiger partial charge in [0.25, 0.3) is 0 Å². The highest BCUT2D eigenvalue weighted by Crippen LogP contribution is 2.38. The highest BCUT2D eigenvalue weighted by molar-refractivity contribution is 4.84. The Morgan fingerprint density at radius 2 is 1.79 bits per heavy atom. The van der Waals surface area contributed by atoms with Gasteiger partial charge in [0.1, 0.15) is 0 Å². The molecule has 3 atom stereocenters. The molecule has 0 aromatic rings. The molecular formula is C13H26O. The van der Waals surface area contributed by atoms with Crippen molar-refractivity contribution in [3.05, 3.63) is 0 Å². The van der Waals surface area contributed by atoms with Crippen molar-refractivity contribution >= 4 is 0 Å². The fraction of sp³-hybridized carbons (Fsp3) is 1.00. The van der Waals surface area contributed by atoms with E-state index >= 15 is 0 Å². The lowest BCUT2D eigenvalue weighted by atomic mass is 9.86. The van der Waals surface area contributed by atoms with Gasteiger partial charge in [0.15, 0.2) is 0 Å². The van der Waals surface area contributed by atoms with Crippen LogP contribution < -0.4 is 0 Å². The van der Waals surface area contributed by atoms with E-state index in [2.05, 4.69) is 6.92 Å². The number of ether oxygens (including phenoxy) is 1. The van der Waals surface area contributed by atoms with Crippen molar-refractivity contribution in [2.24, 2.45) is 11.8 Å². The second kappa shape index (κ2) is 6.44. The molecule has 14 heavy (non-hydrogen) atoms. The van der Waals surface area contributed by atoms with Crippen LogP contribution in [0.4, 0.5) is 0 Å². The summed E-state index contributed by atoms with van der Waals surface area (Å²) in [6, 6.07) is 0. The maximum absolute atomic E-state index is 5.84. The molecule has 1 heterocycles. The number of rotatable bonds is 1. The fourth-order valence-electron chi connectivity index (χ4n) is 2.84. The minimum absolute atomic E-state index is 0.637. The standard InChI is InChI=1S/C11H20O.C2H6/c1-2-9-8-12-11-7-5-3-4-6-10(9)11;1-2/h9-11H,2-8H2,1H3;1-2H3/t9?,10-,11?;/m0./s1. The van der Waals surface area contributed by atoms with Gasteiger partial charge in [0, 0.05) is 0 Å². The molecule has 2 unspecified atom stereocenters. The first-order valence-electron chi connectivity index (χ1n) is 6.53. The van der Waals surface area contributed by atoms with Crippen molar-refractivity contribution in [2.45, 2.75) is 65.4 Å². The first kappa shape index (κ1) is 12.0. The molecule has 2 fully saturated rings. The molecule has 1 aliphatic heterocycles. The second-order valence-corrected chi connectivity index (χ2v) is 4.34. The molecule has 0 aromatic carbocycles. The summed E-state index contributed by atoms with van der Waals surface area (Å²) in [4.78, 5) is 0. The molecule has 0 radical (unpaired) electrons. The van der Waals surface area contributed by atoms with Crippen LogP contribution >= 0.6 is 0 Å². The van der Waals surface area contributed by atoms with Crippen LogP contribution in [0.1, 0.15) is 59.3 Å². The Labute approximate surface area is 89.2 Å². The highest BCUT2D eigenvalue weighted by Gasteiger charge is 2.36. The Bertz CT molecular complexity index is 144. The van der Waals surface area contributed by atoms with Gasteiger partial charge in [-0.25, -0.2) is 0 Å². The smallest absolute Gasteiger partial charge is 0.0606 e. The molecule has 0 amide bonds. The minimum atomic E-state index is 0.637. The van der Waals surface area contributed by atoms with Gasteiger partial charge in [-0.1, -0.05) is 46.5 Å². The third kappa shape index (κ3) is 2.73. The highest BCUT2D eigenvalue weighted by atomic mass is 16.5. The van der Waals surface area contributed by atoms with E-state index in [9.17, 15) is 0 Å². The van der Waals surface area contributed by atoms with Gasteiger partial charge in [-0.2, -0.15) is 0 Å². The summed E-state index contributed by atoms with van der Waals surface area (Å²) in [5.74, 6) is 1.80. The van der Waals surface area contributed by atoms with Crippen LogP contribution in [-0.4, -0.2) is 12.7 Å². The lowest BCUT2D eigenvalue weighted by Crippen LogP contribution is -2.18. The molecule has 1 nitrogen and oxygen atoms in total. The summed E-state index contributed by atoms with van der Waals surface area (Å²) in [6.45, 7) is 7.35. The first-order valence-corrected chi connectivity index (χ1v) is 6.53. The van der Waals surface area contributed by atoms with Crippen molar-refractivity contribution in [1.82, 2.24) is 0 Å². The molecule has 1 heteroatoms. The van der Waals surface area contributed by atoms with Crippen molar-refractivity contribution in [3.63, 3.8) is 0 Å². The van der Waals surface area contributed by atoms with E-state index in [0.29, 0.717) is 6.10 Å². The monoisotopic (exact) mass is 198 g/mol. The lowest BCUT2D eigenvalue weighted by molar-refractivity contribution is 0.0846. The molecule has 0 bridgehead atoms. The summed E-state index contributed by atoms with van der Waals surface area (Å²) in [7, 11) is 0. The molecule has 0 N–H and O–H groups in total. The van der Waals surface area contributed by atoms with Gasteiger partial charge in [-0.05, 0) is 24.7 Å². The summed E-state index contributed by atoms with van der Waals surface area (Å²) in [6.07, 6.45) is 9.01. The molecule has 2 rings (SSSR count). The summed E-state index contributed by atoms with van der Waals surface area (Å²) < 4.78 is 5.84. The van der Waals surface area contributed by atoms with Crippen molar-refractivity contribution in [1.29, 1.82) is 0 Å². The third-order valence-electron chi connectivity index (χ3n) is 3.66. The number of fused-ring (bicyclic) bond motifs is 1. The Morgan fingerprint density at radius 3 is 2.50 bits per heavy atom. The van der Waals surface area contributed by atoms with Gasteiger partial charge in [-0.15, -0.1) is 0 Å². The van der Waals surface area contributed by atoms with Crippen molar-refractivity contribution in [2.75, 3.05) is 6.61 Å². The fourth-order valence-corrected chi connectivity index (χ4v) is 2.84. The average Bonchev–Trinajstić information content (AvgIpc) is 2.49. The summed E-state index contributed by atoms with van der Waals surface area (Å²) in [5.41, 5.74) is 0. The van der Waals surface area contributed by atoms with Crippen molar-refractivity contribution < 1.29 is 4.74 Å². The van der Waals surface area contributed by atoms with E-state index < -0.39 is 0 Å². The quantitative estimate of drug-likeness (QED) is 0.618. The van der Waals surface area contributed by atoms with Crippen LogP contribution in [0.25, 0.3) is 0 Å². The zero-order valence-corrected chi connectivity index (χ0v) is 10.1. The van der Waals surface area contributed by atoms with E-state index in [1.807, 2.05) is 13.8 Å². The zero-order valence-electron chi connectivity index (χ0n) is 10.1. The molecule has 2 aliphatic rings. The topological polar surface area (TPSA) is 9.23 Å². The lowest BCUT2D eigenvalue weighted by Gasteiger charge is -2.18. The maximum atomic E-state index is 5.84. The average molecular weight is 198 g/mol. The molecule has 0 spiro atoms. The van der Waals surface area contributed by atoms with E-state index in [1.54, 1.807) is 0 Å². The molecule has 0 aromatic heterocycles. The van der Waals surface area contributed by atoms with Crippen molar-refractivity contribution in [3.8, 4) is 0 Å². The minimum Gasteiger partial charge on any atom is -0.378 e. The number of hydrogen-bond donors (Lipinski definition) is 0. The number of hydrogen-bond acceptors (Lipinski definition) is 1. The van der Waals surface area contributed by atoms with E-state index in [0.717, 1.165) is 18.4 Å². The van der Waals surface area contributed by atoms with E-state index in [1.165, 1.54) is 38.5 Å². The molecule has 1 saturated heterocycles. The van der Waals surface area contributed by atoms with E-state index in [-0.39, 0.29) is 0 Å². The van der Waals surface area contributed by atoms with Crippen LogP contribution in [0, 0.1) is 11.8 Å². The molecule has 84 valence electrons. The first-order chi connectivity index (χ1) is 6.92. The third-order valence-corrected chi connectivity index (χ3v) is 3.66. The van der Waals surface area contributed by atoms with Gasteiger partial charge in [-0.3, -0.25) is 0 Å².